The van der Waals surface area contributed by atoms with Crippen molar-refractivity contribution in [1.82, 2.24) is 0 Å². The lowest BCUT2D eigenvalue weighted by molar-refractivity contribution is -0.136. The average molecular weight is 444 g/mol. The van der Waals surface area contributed by atoms with E-state index in [0.717, 1.165) is 11.6 Å². The van der Waals surface area contributed by atoms with Crippen LogP contribution < -0.4 is 4.31 Å². The molecule has 7 nitrogen and oxygen atoms in total. The Kier molecular flexibility index (Phi) is 8.15. The van der Waals surface area contributed by atoms with Crippen LogP contribution in [-0.4, -0.2) is 41.1 Å². The van der Waals surface area contributed by atoms with Crippen molar-refractivity contribution in [2.24, 2.45) is 0 Å². The molecule has 0 aromatic heterocycles. The van der Waals surface area contributed by atoms with Crippen LogP contribution >= 0.6 is 0 Å². The fourth-order valence-electron chi connectivity index (χ4n) is 2.77. The van der Waals surface area contributed by atoms with Crippen molar-refractivity contribution >= 4 is 33.7 Å². The largest absolute Gasteiger partial charge is 0.466 e. The van der Waals surface area contributed by atoms with E-state index in [1.54, 1.807) is 49.4 Å². The van der Waals surface area contributed by atoms with Crippen molar-refractivity contribution in [2.45, 2.75) is 18.7 Å². The number of sulfonamides is 1. The van der Waals surface area contributed by atoms with Crippen LogP contribution in [0.2, 0.25) is 0 Å². The molecule has 0 unspecified atom stereocenters. The van der Waals surface area contributed by atoms with Crippen LogP contribution in [0.4, 0.5) is 5.69 Å². The highest BCUT2D eigenvalue weighted by Gasteiger charge is 2.25. The molecular formula is C23H25NO6S. The maximum atomic E-state index is 13.5. The number of rotatable bonds is 8. The molecule has 0 aliphatic carbocycles. The van der Waals surface area contributed by atoms with Gasteiger partial charge in [-0.25, -0.2) is 18.0 Å². The van der Waals surface area contributed by atoms with Crippen LogP contribution in [0.1, 0.15) is 18.1 Å². The summed E-state index contributed by atoms with van der Waals surface area (Å²) in [6.45, 7) is 3.33. The summed E-state index contributed by atoms with van der Waals surface area (Å²) in [5.41, 5.74) is 2.09. The zero-order chi connectivity index (χ0) is 23.0. The number of hydrogen-bond acceptors (Lipinski definition) is 6. The average Bonchev–Trinajstić information content (AvgIpc) is 2.76. The molecular weight excluding hydrogens is 418 g/mol. The van der Waals surface area contributed by atoms with Gasteiger partial charge in [0, 0.05) is 11.6 Å². The van der Waals surface area contributed by atoms with Crippen molar-refractivity contribution in [3.63, 3.8) is 0 Å². The Morgan fingerprint density at radius 3 is 2.26 bits per heavy atom. The predicted molar refractivity (Wildman–Crippen MR) is 119 cm³/mol. The number of aryl methyl sites for hydroxylation is 1. The predicted octanol–water partition coefficient (Wildman–Crippen LogP) is 3.50. The number of anilines is 1. The SMILES string of the molecule is COC(=O)/C=C/CN(c1ccccc1/C=C(\C)C(=O)OC)S(=O)(=O)c1ccc(C)cc1. The van der Waals surface area contributed by atoms with E-state index in [1.165, 1.54) is 36.7 Å². The molecule has 0 N–H and O–H groups in total. The molecule has 0 fully saturated rings. The van der Waals surface area contributed by atoms with Crippen molar-refractivity contribution < 1.29 is 27.5 Å². The molecule has 31 heavy (non-hydrogen) atoms. The number of ether oxygens (including phenoxy) is 2. The van der Waals surface area contributed by atoms with Gasteiger partial charge < -0.3 is 9.47 Å². The molecule has 0 radical (unpaired) electrons. The summed E-state index contributed by atoms with van der Waals surface area (Å²) in [7, 11) is -1.46. The maximum Gasteiger partial charge on any atom is 0.333 e. The first-order valence-corrected chi connectivity index (χ1v) is 10.8. The first-order valence-electron chi connectivity index (χ1n) is 9.40. The highest BCUT2D eigenvalue weighted by molar-refractivity contribution is 7.92. The van der Waals surface area contributed by atoms with Gasteiger partial charge in [0.2, 0.25) is 0 Å². The van der Waals surface area contributed by atoms with Crippen LogP contribution in [0, 0.1) is 6.92 Å². The molecule has 2 rings (SSSR count). The van der Waals surface area contributed by atoms with Crippen LogP contribution in [0.3, 0.4) is 0 Å². The van der Waals surface area contributed by atoms with E-state index in [0.29, 0.717) is 16.8 Å². The van der Waals surface area contributed by atoms with Crippen LogP contribution in [0.5, 0.6) is 0 Å². The van der Waals surface area contributed by atoms with Crippen LogP contribution in [-0.2, 0) is 29.1 Å². The first kappa shape index (κ1) is 23.9. The Bertz CT molecular complexity index is 1100. The number of carbonyl (C=O) groups is 2. The summed E-state index contributed by atoms with van der Waals surface area (Å²) in [6.07, 6.45) is 4.13. The first-order chi connectivity index (χ1) is 14.7. The van der Waals surface area contributed by atoms with E-state index in [9.17, 15) is 18.0 Å². The Morgan fingerprint density at radius 1 is 1.00 bits per heavy atom. The summed E-state index contributed by atoms with van der Waals surface area (Å²) >= 11 is 0. The molecule has 0 saturated heterocycles. The Labute approximate surface area is 182 Å². The fraction of sp³-hybridized carbons (Fsp3) is 0.217. The smallest absolute Gasteiger partial charge is 0.333 e. The second-order valence-electron chi connectivity index (χ2n) is 6.65. The molecule has 0 saturated carbocycles. The summed E-state index contributed by atoms with van der Waals surface area (Å²) in [5, 5.41) is 0. The summed E-state index contributed by atoms with van der Waals surface area (Å²) in [6, 6.07) is 13.2. The molecule has 164 valence electrons. The molecule has 2 aromatic rings. The number of nitrogens with zero attached hydrogens (tertiary/aromatic N) is 1. The lowest BCUT2D eigenvalue weighted by Crippen LogP contribution is -2.32. The summed E-state index contributed by atoms with van der Waals surface area (Å²) < 4.78 is 37.5. The van der Waals surface area contributed by atoms with E-state index in [1.807, 2.05) is 6.92 Å². The van der Waals surface area contributed by atoms with Gasteiger partial charge >= 0.3 is 11.9 Å². The lowest BCUT2D eigenvalue weighted by Gasteiger charge is -2.25. The summed E-state index contributed by atoms with van der Waals surface area (Å²) in [4.78, 5) is 23.4. The van der Waals surface area contributed by atoms with Gasteiger partial charge in [-0.3, -0.25) is 4.31 Å². The van der Waals surface area contributed by atoms with E-state index >= 15 is 0 Å². The third-order valence-corrected chi connectivity index (χ3v) is 6.21. The number of hydrogen-bond donors (Lipinski definition) is 0. The monoisotopic (exact) mass is 443 g/mol. The lowest BCUT2D eigenvalue weighted by atomic mass is 10.1. The molecule has 0 atom stereocenters. The molecule has 0 amide bonds. The maximum absolute atomic E-state index is 13.5. The molecule has 0 spiro atoms. The Balaban J connectivity index is 2.61. The van der Waals surface area contributed by atoms with E-state index in [4.69, 9.17) is 4.74 Å². The Morgan fingerprint density at radius 2 is 1.65 bits per heavy atom. The standard InChI is InChI=1S/C23H25NO6S/c1-17-11-13-20(14-12-17)31(27,28)24(15-7-10-22(25)29-3)21-9-6-5-8-19(21)16-18(2)23(26)30-4/h5-14,16H,15H2,1-4H3/b10-7+,18-16+. The van der Waals surface area contributed by atoms with Gasteiger partial charge in [0.1, 0.15) is 0 Å². The van der Waals surface area contributed by atoms with Crippen molar-refractivity contribution in [3.05, 3.63) is 77.4 Å². The third kappa shape index (κ3) is 6.05. The highest BCUT2D eigenvalue weighted by Crippen LogP contribution is 2.29. The molecule has 2 aromatic carbocycles. The fourth-order valence-corrected chi connectivity index (χ4v) is 4.21. The van der Waals surface area contributed by atoms with Crippen molar-refractivity contribution in [3.8, 4) is 0 Å². The zero-order valence-corrected chi connectivity index (χ0v) is 18.7. The minimum absolute atomic E-state index is 0.105. The van der Waals surface area contributed by atoms with Gasteiger partial charge in [-0.1, -0.05) is 42.0 Å². The van der Waals surface area contributed by atoms with Gasteiger partial charge in [-0.15, -0.1) is 0 Å². The van der Waals surface area contributed by atoms with Gasteiger partial charge in [0.25, 0.3) is 10.0 Å². The highest BCUT2D eigenvalue weighted by atomic mass is 32.2. The quantitative estimate of drug-likeness (QED) is 0.458. The molecule has 0 aliphatic heterocycles. The second-order valence-corrected chi connectivity index (χ2v) is 8.51. The third-order valence-electron chi connectivity index (χ3n) is 4.42. The van der Waals surface area contributed by atoms with Gasteiger partial charge in [0.15, 0.2) is 0 Å². The molecule has 0 aliphatic rings. The van der Waals surface area contributed by atoms with E-state index in [-0.39, 0.29) is 11.4 Å². The van der Waals surface area contributed by atoms with Gasteiger partial charge in [-0.05, 0) is 43.7 Å². The molecule has 0 bridgehead atoms. The number of benzene rings is 2. The number of esters is 2. The van der Waals surface area contributed by atoms with Crippen LogP contribution in [0.15, 0.2) is 71.2 Å². The van der Waals surface area contributed by atoms with Gasteiger partial charge in [0.05, 0.1) is 31.3 Å². The number of methoxy groups -OCH3 is 2. The number of carbonyl (C=O) groups excluding carboxylic acids is 2. The number of para-hydroxylation sites is 1. The topological polar surface area (TPSA) is 90.0 Å². The minimum Gasteiger partial charge on any atom is -0.466 e. The van der Waals surface area contributed by atoms with E-state index < -0.39 is 22.0 Å². The molecule has 8 heteroatoms. The van der Waals surface area contributed by atoms with Gasteiger partial charge in [-0.2, -0.15) is 0 Å². The van der Waals surface area contributed by atoms with Crippen LogP contribution in [0.25, 0.3) is 6.08 Å². The second kappa shape index (κ2) is 10.6. The normalized spacial score (nSPS) is 11.9. The zero-order valence-electron chi connectivity index (χ0n) is 17.9. The molecule has 0 heterocycles. The van der Waals surface area contributed by atoms with E-state index in [2.05, 4.69) is 4.74 Å². The Hall–Kier alpha value is -3.39. The van der Waals surface area contributed by atoms with Crippen molar-refractivity contribution in [2.75, 3.05) is 25.1 Å². The minimum atomic E-state index is -3.98. The van der Waals surface area contributed by atoms with Crippen molar-refractivity contribution in [1.29, 1.82) is 0 Å². The summed E-state index contributed by atoms with van der Waals surface area (Å²) in [5.74, 6) is -1.12.